The van der Waals surface area contributed by atoms with Crippen LogP contribution < -0.4 is 5.32 Å². The number of nitrogens with one attached hydrogen (secondary N) is 1. The molecule has 0 unspecified atom stereocenters. The minimum Gasteiger partial charge on any atom is -0.361 e. The van der Waals surface area contributed by atoms with Gasteiger partial charge in [-0.2, -0.15) is 0 Å². The first-order valence-corrected chi connectivity index (χ1v) is 7.22. The zero-order chi connectivity index (χ0) is 16.2. The molecular formula is C17H16N4O2. The Bertz CT molecular complexity index is 808. The first-order chi connectivity index (χ1) is 11.1. The largest absolute Gasteiger partial charge is 0.361 e. The predicted octanol–water partition coefficient (Wildman–Crippen LogP) is 2.68. The van der Waals surface area contributed by atoms with E-state index in [4.69, 9.17) is 4.52 Å². The number of nitrogens with zero attached hydrogens (tertiary/aromatic N) is 3. The van der Waals surface area contributed by atoms with Gasteiger partial charge in [0, 0.05) is 18.9 Å². The Labute approximate surface area is 133 Å². The Kier molecular flexibility index (Phi) is 4.14. The summed E-state index contributed by atoms with van der Waals surface area (Å²) in [5.41, 5.74) is 3.54. The van der Waals surface area contributed by atoms with E-state index in [1.54, 1.807) is 24.5 Å². The minimum atomic E-state index is -0.234. The summed E-state index contributed by atoms with van der Waals surface area (Å²) < 4.78 is 5.16. The summed E-state index contributed by atoms with van der Waals surface area (Å²) in [7, 11) is 0. The number of pyridine rings is 2. The van der Waals surface area contributed by atoms with Crippen LogP contribution >= 0.6 is 0 Å². The standard InChI is InChI=1S/C17H16N4O2/c1-11-16(12(2)23-21-11)14-6-3-7-15(20-14)17(22)19-10-13-5-4-8-18-9-13/h3-9H,10H2,1-2H3,(H,19,22). The van der Waals surface area contributed by atoms with E-state index < -0.39 is 0 Å². The lowest BCUT2D eigenvalue weighted by molar-refractivity contribution is 0.0946. The summed E-state index contributed by atoms with van der Waals surface area (Å²) >= 11 is 0. The van der Waals surface area contributed by atoms with Gasteiger partial charge in [0.1, 0.15) is 11.5 Å². The first kappa shape index (κ1) is 14.9. The number of carbonyl (C=O) groups excluding carboxylic acids is 1. The van der Waals surface area contributed by atoms with Crippen LogP contribution in [-0.4, -0.2) is 21.0 Å². The second-order valence-corrected chi connectivity index (χ2v) is 5.15. The fraction of sp³-hybridized carbons (Fsp3) is 0.176. The van der Waals surface area contributed by atoms with Gasteiger partial charge in [-0.1, -0.05) is 17.3 Å². The lowest BCUT2D eigenvalue weighted by Gasteiger charge is -2.06. The molecular weight excluding hydrogens is 292 g/mol. The molecule has 0 aliphatic carbocycles. The molecule has 0 bridgehead atoms. The van der Waals surface area contributed by atoms with Crippen molar-refractivity contribution >= 4 is 5.91 Å². The van der Waals surface area contributed by atoms with E-state index in [9.17, 15) is 4.79 Å². The van der Waals surface area contributed by atoms with Crippen molar-refractivity contribution in [2.45, 2.75) is 20.4 Å². The molecule has 0 saturated heterocycles. The number of aryl methyl sites for hydroxylation is 2. The van der Waals surface area contributed by atoms with Gasteiger partial charge in [-0.05, 0) is 37.6 Å². The maximum absolute atomic E-state index is 12.3. The van der Waals surface area contributed by atoms with Gasteiger partial charge < -0.3 is 9.84 Å². The normalized spacial score (nSPS) is 10.5. The second kappa shape index (κ2) is 6.39. The molecule has 6 heteroatoms. The monoisotopic (exact) mass is 308 g/mol. The average Bonchev–Trinajstić information content (AvgIpc) is 2.92. The van der Waals surface area contributed by atoms with Crippen LogP contribution in [0.5, 0.6) is 0 Å². The molecule has 0 radical (unpaired) electrons. The fourth-order valence-electron chi connectivity index (χ4n) is 2.32. The van der Waals surface area contributed by atoms with Crippen LogP contribution in [0.3, 0.4) is 0 Å². The molecule has 3 aromatic rings. The van der Waals surface area contributed by atoms with Gasteiger partial charge in [-0.25, -0.2) is 4.98 Å². The highest BCUT2D eigenvalue weighted by molar-refractivity contribution is 5.92. The Morgan fingerprint density at radius 3 is 2.78 bits per heavy atom. The smallest absolute Gasteiger partial charge is 0.270 e. The first-order valence-electron chi connectivity index (χ1n) is 7.22. The van der Waals surface area contributed by atoms with Crippen LogP contribution in [0.1, 0.15) is 27.5 Å². The zero-order valence-corrected chi connectivity index (χ0v) is 12.9. The molecule has 0 atom stereocenters. The van der Waals surface area contributed by atoms with E-state index in [-0.39, 0.29) is 5.91 Å². The van der Waals surface area contributed by atoms with E-state index in [0.29, 0.717) is 23.7 Å². The van der Waals surface area contributed by atoms with Gasteiger partial charge in [0.2, 0.25) is 0 Å². The fourth-order valence-corrected chi connectivity index (χ4v) is 2.32. The molecule has 3 rings (SSSR count). The SMILES string of the molecule is Cc1noc(C)c1-c1cccc(C(=O)NCc2cccnc2)n1. The van der Waals surface area contributed by atoms with Crippen LogP contribution in [0.15, 0.2) is 47.2 Å². The average molecular weight is 308 g/mol. The van der Waals surface area contributed by atoms with Crippen LogP contribution in [0.4, 0.5) is 0 Å². The van der Waals surface area contributed by atoms with Crippen molar-refractivity contribution in [3.63, 3.8) is 0 Å². The highest BCUT2D eigenvalue weighted by Gasteiger charge is 2.15. The molecule has 0 fully saturated rings. The number of rotatable bonds is 4. The Hall–Kier alpha value is -3.02. The van der Waals surface area contributed by atoms with Gasteiger partial charge in [0.05, 0.1) is 17.0 Å². The number of hydrogen-bond acceptors (Lipinski definition) is 5. The van der Waals surface area contributed by atoms with Gasteiger partial charge in [0.25, 0.3) is 5.91 Å². The van der Waals surface area contributed by atoms with Crippen LogP contribution in [0.25, 0.3) is 11.3 Å². The van der Waals surface area contributed by atoms with Crippen molar-refractivity contribution < 1.29 is 9.32 Å². The molecule has 1 N–H and O–H groups in total. The third kappa shape index (κ3) is 3.26. The van der Waals surface area contributed by atoms with E-state index in [1.807, 2.05) is 32.0 Å². The molecule has 0 aliphatic rings. The Morgan fingerprint density at radius 2 is 2.09 bits per heavy atom. The van der Waals surface area contributed by atoms with Crippen LogP contribution in [-0.2, 0) is 6.54 Å². The number of hydrogen-bond donors (Lipinski definition) is 1. The minimum absolute atomic E-state index is 0.234. The van der Waals surface area contributed by atoms with Crippen molar-refractivity contribution in [2.75, 3.05) is 0 Å². The maximum Gasteiger partial charge on any atom is 0.270 e. The van der Waals surface area contributed by atoms with Gasteiger partial charge in [-0.15, -0.1) is 0 Å². The summed E-state index contributed by atoms with van der Waals surface area (Å²) in [6, 6.07) is 9.05. The van der Waals surface area contributed by atoms with Crippen molar-refractivity contribution in [3.05, 3.63) is 65.4 Å². The highest BCUT2D eigenvalue weighted by Crippen LogP contribution is 2.24. The van der Waals surface area contributed by atoms with Crippen molar-refractivity contribution in [1.29, 1.82) is 0 Å². The molecule has 23 heavy (non-hydrogen) atoms. The van der Waals surface area contributed by atoms with Crippen LogP contribution in [0, 0.1) is 13.8 Å². The number of aromatic nitrogens is 3. The molecule has 0 aromatic carbocycles. The lowest BCUT2D eigenvalue weighted by Crippen LogP contribution is -2.23. The van der Waals surface area contributed by atoms with E-state index >= 15 is 0 Å². The van der Waals surface area contributed by atoms with E-state index in [2.05, 4.69) is 20.4 Å². The van der Waals surface area contributed by atoms with E-state index in [1.165, 1.54) is 0 Å². The molecule has 1 amide bonds. The molecule has 0 aliphatic heterocycles. The quantitative estimate of drug-likeness (QED) is 0.801. The number of carbonyl (C=O) groups is 1. The summed E-state index contributed by atoms with van der Waals surface area (Å²) in [6.45, 7) is 4.08. The van der Waals surface area contributed by atoms with Gasteiger partial charge in [-0.3, -0.25) is 9.78 Å². The van der Waals surface area contributed by atoms with Gasteiger partial charge in [0.15, 0.2) is 0 Å². The van der Waals surface area contributed by atoms with Crippen molar-refractivity contribution in [2.24, 2.45) is 0 Å². The Morgan fingerprint density at radius 1 is 1.22 bits per heavy atom. The third-order valence-electron chi connectivity index (χ3n) is 3.45. The second-order valence-electron chi connectivity index (χ2n) is 5.15. The molecule has 3 heterocycles. The predicted molar refractivity (Wildman–Crippen MR) is 84.6 cm³/mol. The molecule has 3 aromatic heterocycles. The number of amides is 1. The highest BCUT2D eigenvalue weighted by atomic mass is 16.5. The summed E-state index contributed by atoms with van der Waals surface area (Å²) in [6.07, 6.45) is 3.41. The zero-order valence-electron chi connectivity index (χ0n) is 12.9. The van der Waals surface area contributed by atoms with Crippen molar-refractivity contribution in [3.8, 4) is 11.3 Å². The lowest BCUT2D eigenvalue weighted by atomic mass is 10.1. The van der Waals surface area contributed by atoms with Gasteiger partial charge >= 0.3 is 0 Å². The summed E-state index contributed by atoms with van der Waals surface area (Å²) in [5.74, 6) is 0.449. The Balaban J connectivity index is 1.78. The van der Waals surface area contributed by atoms with Crippen molar-refractivity contribution in [1.82, 2.24) is 20.4 Å². The van der Waals surface area contributed by atoms with E-state index in [0.717, 1.165) is 16.8 Å². The molecule has 6 nitrogen and oxygen atoms in total. The summed E-state index contributed by atoms with van der Waals surface area (Å²) in [4.78, 5) is 20.7. The van der Waals surface area contributed by atoms with Crippen LogP contribution in [0.2, 0.25) is 0 Å². The third-order valence-corrected chi connectivity index (χ3v) is 3.45. The molecule has 0 saturated carbocycles. The summed E-state index contributed by atoms with van der Waals surface area (Å²) in [5, 5.41) is 6.76. The maximum atomic E-state index is 12.3. The molecule has 0 spiro atoms. The molecule has 116 valence electrons. The topological polar surface area (TPSA) is 80.9 Å².